The summed E-state index contributed by atoms with van der Waals surface area (Å²) in [6, 6.07) is 0. The average Bonchev–Trinajstić information content (AvgIpc) is 2.66. The third-order valence-electron chi connectivity index (χ3n) is 2.52. The maximum absolute atomic E-state index is 11.5. The summed E-state index contributed by atoms with van der Waals surface area (Å²) < 4.78 is 0. The molecule has 15 heavy (non-hydrogen) atoms. The Balaban J connectivity index is 2.48. The number of carbonyl (C=O) groups excluding carboxylic acids is 1. The zero-order chi connectivity index (χ0) is 11.5. The monoisotopic (exact) mass is 228 g/mol. The second-order valence-electron chi connectivity index (χ2n) is 4.07. The Morgan fingerprint density at radius 3 is 2.87 bits per heavy atom. The number of amides is 1. The molecule has 0 aromatic carbocycles. The molecule has 1 atom stereocenters. The molecule has 1 rings (SSSR count). The van der Waals surface area contributed by atoms with Gasteiger partial charge in [-0.3, -0.25) is 4.79 Å². The van der Waals surface area contributed by atoms with Crippen LogP contribution in [0.2, 0.25) is 0 Å². The van der Waals surface area contributed by atoms with Crippen LogP contribution >= 0.6 is 11.3 Å². The molecule has 0 saturated heterocycles. The smallest absolute Gasteiger partial charge is 0.270 e. The van der Waals surface area contributed by atoms with Crippen LogP contribution in [0.5, 0.6) is 0 Å². The molecule has 84 valence electrons. The first-order chi connectivity index (χ1) is 6.93. The van der Waals surface area contributed by atoms with E-state index in [1.807, 2.05) is 13.8 Å². The summed E-state index contributed by atoms with van der Waals surface area (Å²) >= 11 is 1.37. The van der Waals surface area contributed by atoms with Gasteiger partial charge in [-0.2, -0.15) is 0 Å². The van der Waals surface area contributed by atoms with Crippen LogP contribution in [0.1, 0.15) is 31.3 Å². The Bertz CT molecular complexity index is 320. The zero-order valence-corrected chi connectivity index (χ0v) is 9.97. The molecular formula is C10H16N2O2S. The lowest BCUT2D eigenvalue weighted by Crippen LogP contribution is -2.44. The van der Waals surface area contributed by atoms with E-state index in [1.54, 1.807) is 17.8 Å². The van der Waals surface area contributed by atoms with E-state index in [0.29, 0.717) is 5.69 Å². The lowest BCUT2D eigenvalue weighted by molar-refractivity contribution is 0.0142. The van der Waals surface area contributed by atoms with E-state index in [0.717, 1.165) is 0 Å². The summed E-state index contributed by atoms with van der Waals surface area (Å²) in [6.07, 6.45) is 0. The first-order valence-corrected chi connectivity index (χ1v) is 5.76. The highest BCUT2D eigenvalue weighted by atomic mass is 32.1. The minimum absolute atomic E-state index is 0.0910. The van der Waals surface area contributed by atoms with Gasteiger partial charge in [0.15, 0.2) is 0 Å². The fraction of sp³-hybridized carbons (Fsp3) is 0.600. The van der Waals surface area contributed by atoms with Gasteiger partial charge in [-0.1, -0.05) is 13.8 Å². The van der Waals surface area contributed by atoms with Crippen molar-refractivity contribution in [2.75, 3.05) is 6.54 Å². The van der Waals surface area contributed by atoms with Gasteiger partial charge < -0.3 is 10.4 Å². The maximum Gasteiger partial charge on any atom is 0.270 e. The van der Waals surface area contributed by atoms with Gasteiger partial charge in [-0.15, -0.1) is 11.3 Å². The van der Waals surface area contributed by atoms with E-state index in [-0.39, 0.29) is 18.4 Å². The van der Waals surface area contributed by atoms with Crippen molar-refractivity contribution >= 4 is 17.2 Å². The van der Waals surface area contributed by atoms with E-state index >= 15 is 0 Å². The number of hydrogen-bond donors (Lipinski definition) is 2. The Kier molecular flexibility index (Phi) is 3.82. The second kappa shape index (κ2) is 4.72. The number of aliphatic hydroxyl groups is 1. The quantitative estimate of drug-likeness (QED) is 0.816. The number of aromatic nitrogens is 1. The topological polar surface area (TPSA) is 62.2 Å². The molecule has 0 fully saturated rings. The van der Waals surface area contributed by atoms with Gasteiger partial charge in [0.05, 0.1) is 11.1 Å². The minimum atomic E-state index is -0.883. The molecule has 1 aromatic heterocycles. The van der Waals surface area contributed by atoms with Crippen molar-refractivity contribution in [3.63, 3.8) is 0 Å². The number of rotatable bonds is 4. The molecule has 0 saturated carbocycles. The molecular weight excluding hydrogens is 212 g/mol. The highest BCUT2D eigenvalue weighted by Crippen LogP contribution is 2.14. The molecule has 1 aromatic rings. The molecule has 5 heteroatoms. The van der Waals surface area contributed by atoms with Crippen LogP contribution in [0, 0.1) is 5.92 Å². The van der Waals surface area contributed by atoms with Gasteiger partial charge >= 0.3 is 0 Å². The van der Waals surface area contributed by atoms with Crippen LogP contribution in [0.4, 0.5) is 0 Å². The van der Waals surface area contributed by atoms with Crippen LogP contribution in [0.15, 0.2) is 10.9 Å². The molecule has 1 heterocycles. The van der Waals surface area contributed by atoms with Gasteiger partial charge in [0.2, 0.25) is 0 Å². The summed E-state index contributed by atoms with van der Waals surface area (Å²) in [4.78, 5) is 15.4. The van der Waals surface area contributed by atoms with Crippen LogP contribution in [0.3, 0.4) is 0 Å². The highest BCUT2D eigenvalue weighted by molar-refractivity contribution is 7.07. The van der Waals surface area contributed by atoms with Crippen molar-refractivity contribution in [2.45, 2.75) is 26.4 Å². The standard InChI is InChI=1S/C10H16N2O2S/c1-7(2)10(3,14)5-11-9(13)8-4-15-6-12-8/h4,6-7,14H,5H2,1-3H3,(H,11,13). The fourth-order valence-electron chi connectivity index (χ4n) is 0.879. The normalized spacial score (nSPS) is 15.0. The molecule has 0 aliphatic carbocycles. The van der Waals surface area contributed by atoms with Crippen molar-refractivity contribution in [1.29, 1.82) is 0 Å². The van der Waals surface area contributed by atoms with Crippen molar-refractivity contribution in [3.8, 4) is 0 Å². The third kappa shape index (κ3) is 3.28. The molecule has 1 unspecified atom stereocenters. The molecule has 4 nitrogen and oxygen atoms in total. The number of hydrogen-bond acceptors (Lipinski definition) is 4. The van der Waals surface area contributed by atoms with Crippen molar-refractivity contribution in [3.05, 3.63) is 16.6 Å². The van der Waals surface area contributed by atoms with Gasteiger partial charge in [0.25, 0.3) is 5.91 Å². The summed E-state index contributed by atoms with van der Waals surface area (Å²) in [7, 11) is 0. The second-order valence-corrected chi connectivity index (χ2v) is 4.79. The van der Waals surface area contributed by atoms with Gasteiger partial charge in [-0.25, -0.2) is 4.98 Å². The largest absolute Gasteiger partial charge is 0.388 e. The van der Waals surface area contributed by atoms with E-state index in [9.17, 15) is 9.90 Å². The molecule has 0 aliphatic rings. The SMILES string of the molecule is CC(C)C(C)(O)CNC(=O)c1cscn1. The Morgan fingerprint density at radius 1 is 1.73 bits per heavy atom. The van der Waals surface area contributed by atoms with E-state index in [4.69, 9.17) is 0 Å². The molecule has 0 radical (unpaired) electrons. The summed E-state index contributed by atoms with van der Waals surface area (Å²) in [5, 5.41) is 14.2. The third-order valence-corrected chi connectivity index (χ3v) is 3.10. The molecule has 0 spiro atoms. The Labute approximate surface area is 93.4 Å². The number of thiazole rings is 1. The van der Waals surface area contributed by atoms with Crippen LogP contribution in [-0.2, 0) is 0 Å². The van der Waals surface area contributed by atoms with E-state index < -0.39 is 5.60 Å². The predicted octanol–water partition coefficient (Wildman–Crippen LogP) is 1.28. The first kappa shape index (κ1) is 12.1. The number of nitrogens with zero attached hydrogens (tertiary/aromatic N) is 1. The van der Waals surface area contributed by atoms with Crippen molar-refractivity contribution in [1.82, 2.24) is 10.3 Å². The average molecular weight is 228 g/mol. The summed E-state index contributed by atoms with van der Waals surface area (Å²) in [5.74, 6) is -0.148. The lowest BCUT2D eigenvalue weighted by atomic mass is 9.92. The van der Waals surface area contributed by atoms with Gasteiger partial charge in [-0.05, 0) is 12.8 Å². The van der Waals surface area contributed by atoms with Crippen LogP contribution in [-0.4, -0.2) is 28.1 Å². The van der Waals surface area contributed by atoms with Crippen molar-refractivity contribution in [2.24, 2.45) is 5.92 Å². The van der Waals surface area contributed by atoms with E-state index in [1.165, 1.54) is 11.3 Å². The van der Waals surface area contributed by atoms with Gasteiger partial charge in [0.1, 0.15) is 5.69 Å². The van der Waals surface area contributed by atoms with Crippen LogP contribution < -0.4 is 5.32 Å². The van der Waals surface area contributed by atoms with Crippen molar-refractivity contribution < 1.29 is 9.90 Å². The molecule has 2 N–H and O–H groups in total. The maximum atomic E-state index is 11.5. The predicted molar refractivity (Wildman–Crippen MR) is 59.9 cm³/mol. The van der Waals surface area contributed by atoms with Crippen LogP contribution in [0.25, 0.3) is 0 Å². The lowest BCUT2D eigenvalue weighted by Gasteiger charge is -2.27. The molecule has 0 aliphatic heterocycles. The number of nitrogens with one attached hydrogen (secondary N) is 1. The summed E-state index contributed by atoms with van der Waals surface area (Å²) in [6.45, 7) is 5.77. The first-order valence-electron chi connectivity index (χ1n) is 4.82. The molecule has 1 amide bonds. The zero-order valence-electron chi connectivity index (χ0n) is 9.15. The fourth-order valence-corrected chi connectivity index (χ4v) is 1.41. The number of carbonyl (C=O) groups is 1. The molecule has 0 bridgehead atoms. The minimum Gasteiger partial charge on any atom is -0.388 e. The Morgan fingerprint density at radius 2 is 2.40 bits per heavy atom. The highest BCUT2D eigenvalue weighted by Gasteiger charge is 2.25. The summed E-state index contributed by atoms with van der Waals surface area (Å²) in [5.41, 5.74) is 1.13. The van der Waals surface area contributed by atoms with E-state index in [2.05, 4.69) is 10.3 Å². The Hall–Kier alpha value is -0.940. The van der Waals surface area contributed by atoms with Gasteiger partial charge in [0, 0.05) is 11.9 Å².